The highest BCUT2D eigenvalue weighted by atomic mass is 16.5. The number of urea groups is 1. The van der Waals surface area contributed by atoms with E-state index in [0.717, 1.165) is 10.5 Å². The monoisotopic (exact) mass is 403 g/mol. The summed E-state index contributed by atoms with van der Waals surface area (Å²) in [6.45, 7) is 0.123. The van der Waals surface area contributed by atoms with Crippen LogP contribution in [0.4, 0.5) is 16.2 Å². The number of aliphatic hydroxyl groups is 1. The number of ether oxygens (including phenoxy) is 1. The van der Waals surface area contributed by atoms with Crippen molar-refractivity contribution in [3.05, 3.63) is 90.0 Å². The number of rotatable bonds is 5. The number of amides is 3. The molecule has 7 nitrogen and oxygen atoms in total. The first kappa shape index (κ1) is 19.5. The molecule has 0 saturated carbocycles. The predicted molar refractivity (Wildman–Crippen MR) is 113 cm³/mol. The fourth-order valence-electron chi connectivity index (χ4n) is 3.59. The van der Waals surface area contributed by atoms with Crippen molar-refractivity contribution in [3.8, 4) is 5.75 Å². The molecule has 0 spiro atoms. The van der Waals surface area contributed by atoms with Crippen molar-refractivity contribution in [1.82, 2.24) is 5.32 Å². The van der Waals surface area contributed by atoms with Crippen LogP contribution in [0.3, 0.4) is 0 Å². The second kappa shape index (κ2) is 7.88. The average molecular weight is 403 g/mol. The minimum Gasteiger partial charge on any atom is -0.496 e. The van der Waals surface area contributed by atoms with Gasteiger partial charge in [-0.3, -0.25) is 9.69 Å². The van der Waals surface area contributed by atoms with E-state index in [2.05, 4.69) is 10.6 Å². The lowest BCUT2D eigenvalue weighted by molar-refractivity contribution is -0.140. The standard InChI is InChI=1S/C23H21N3O4/c1-30-20-14-8-5-9-16(20)15-24-21(27)23(29)18-12-6-7-13-19(18)25-22(28)26(23)17-10-3-2-4-11-17/h2-14,29H,15H2,1H3,(H,24,27)(H,25,28)/t23-/m0/s1. The van der Waals surface area contributed by atoms with E-state index in [1.165, 1.54) is 0 Å². The predicted octanol–water partition coefficient (Wildman–Crippen LogP) is 3.21. The molecule has 1 atom stereocenters. The van der Waals surface area contributed by atoms with E-state index in [9.17, 15) is 14.7 Å². The fraction of sp³-hybridized carbons (Fsp3) is 0.130. The Labute approximate surface area is 173 Å². The quantitative estimate of drug-likeness (QED) is 0.610. The molecule has 0 bridgehead atoms. The van der Waals surface area contributed by atoms with Gasteiger partial charge in [-0.25, -0.2) is 4.79 Å². The zero-order valence-corrected chi connectivity index (χ0v) is 16.3. The highest BCUT2D eigenvalue weighted by Crippen LogP contribution is 2.39. The van der Waals surface area contributed by atoms with Gasteiger partial charge < -0.3 is 20.5 Å². The summed E-state index contributed by atoms with van der Waals surface area (Å²) >= 11 is 0. The molecule has 1 heterocycles. The van der Waals surface area contributed by atoms with Crippen LogP contribution in [0.25, 0.3) is 0 Å². The minimum atomic E-state index is -2.23. The van der Waals surface area contributed by atoms with Crippen molar-refractivity contribution in [1.29, 1.82) is 0 Å². The molecular weight excluding hydrogens is 382 g/mol. The Hall–Kier alpha value is -3.84. The van der Waals surface area contributed by atoms with Crippen LogP contribution >= 0.6 is 0 Å². The van der Waals surface area contributed by atoms with Gasteiger partial charge in [0.15, 0.2) is 0 Å². The summed E-state index contributed by atoms with van der Waals surface area (Å²) < 4.78 is 5.32. The van der Waals surface area contributed by atoms with Gasteiger partial charge in [0.05, 0.1) is 12.8 Å². The molecule has 0 saturated heterocycles. The number of carbonyl (C=O) groups is 2. The third kappa shape index (κ3) is 3.25. The molecule has 0 fully saturated rings. The SMILES string of the molecule is COc1ccccc1CNC(=O)[C@@]1(O)c2ccccc2NC(=O)N1c1ccccc1. The van der Waals surface area contributed by atoms with Crippen molar-refractivity contribution in [2.24, 2.45) is 0 Å². The Kier molecular flexibility index (Phi) is 5.12. The number of nitrogens with one attached hydrogen (secondary N) is 2. The number of methoxy groups -OCH3 is 1. The van der Waals surface area contributed by atoms with Gasteiger partial charge in [0.25, 0.3) is 11.6 Å². The van der Waals surface area contributed by atoms with Gasteiger partial charge in [-0.15, -0.1) is 0 Å². The molecule has 152 valence electrons. The van der Waals surface area contributed by atoms with Gasteiger partial charge in [-0.05, 0) is 24.3 Å². The second-order valence-electron chi connectivity index (χ2n) is 6.81. The van der Waals surface area contributed by atoms with Crippen LogP contribution in [0.2, 0.25) is 0 Å². The largest absolute Gasteiger partial charge is 0.496 e. The van der Waals surface area contributed by atoms with Gasteiger partial charge in [-0.1, -0.05) is 54.6 Å². The third-order valence-electron chi connectivity index (χ3n) is 5.03. The number of benzene rings is 3. The fourth-order valence-corrected chi connectivity index (χ4v) is 3.59. The summed E-state index contributed by atoms with van der Waals surface area (Å²) in [5.74, 6) is -0.106. The van der Waals surface area contributed by atoms with E-state index in [0.29, 0.717) is 17.1 Å². The lowest BCUT2D eigenvalue weighted by Crippen LogP contribution is -2.62. The van der Waals surface area contributed by atoms with Crippen LogP contribution in [-0.4, -0.2) is 24.2 Å². The average Bonchev–Trinajstić information content (AvgIpc) is 2.78. The lowest BCUT2D eigenvalue weighted by Gasteiger charge is -2.42. The Morgan fingerprint density at radius 1 is 1.03 bits per heavy atom. The molecule has 0 unspecified atom stereocenters. The van der Waals surface area contributed by atoms with Crippen LogP contribution in [-0.2, 0) is 17.1 Å². The zero-order chi connectivity index (χ0) is 21.1. The Morgan fingerprint density at radius 2 is 1.70 bits per heavy atom. The van der Waals surface area contributed by atoms with E-state index < -0.39 is 17.7 Å². The maximum absolute atomic E-state index is 13.4. The molecule has 1 aliphatic rings. The van der Waals surface area contributed by atoms with Crippen LogP contribution in [0.1, 0.15) is 11.1 Å². The number of hydrogen-bond donors (Lipinski definition) is 3. The molecule has 1 aliphatic heterocycles. The molecule has 3 amide bonds. The van der Waals surface area contributed by atoms with Gasteiger partial charge in [-0.2, -0.15) is 0 Å². The van der Waals surface area contributed by atoms with Crippen molar-refractivity contribution in [3.63, 3.8) is 0 Å². The molecule has 0 radical (unpaired) electrons. The van der Waals surface area contributed by atoms with Gasteiger partial charge in [0.1, 0.15) is 5.75 Å². The maximum atomic E-state index is 13.4. The number of fused-ring (bicyclic) bond motifs is 1. The van der Waals surface area contributed by atoms with Crippen LogP contribution in [0, 0.1) is 0 Å². The van der Waals surface area contributed by atoms with Gasteiger partial charge >= 0.3 is 6.03 Å². The third-order valence-corrected chi connectivity index (χ3v) is 5.03. The summed E-state index contributed by atoms with van der Waals surface area (Å²) in [6, 6.07) is 21.9. The molecule has 30 heavy (non-hydrogen) atoms. The smallest absolute Gasteiger partial charge is 0.329 e. The summed E-state index contributed by atoms with van der Waals surface area (Å²) in [4.78, 5) is 27.3. The normalized spacial score (nSPS) is 17.7. The Bertz CT molecular complexity index is 1090. The summed E-state index contributed by atoms with van der Waals surface area (Å²) in [5, 5.41) is 17.2. The Morgan fingerprint density at radius 3 is 2.47 bits per heavy atom. The highest BCUT2D eigenvalue weighted by Gasteiger charge is 2.51. The maximum Gasteiger partial charge on any atom is 0.329 e. The topological polar surface area (TPSA) is 90.9 Å². The molecule has 0 aromatic heterocycles. The molecule has 3 aromatic carbocycles. The van der Waals surface area contributed by atoms with E-state index in [4.69, 9.17) is 4.74 Å². The first-order valence-electron chi connectivity index (χ1n) is 9.44. The number of carbonyl (C=O) groups excluding carboxylic acids is 2. The van der Waals surface area contributed by atoms with Gasteiger partial charge in [0.2, 0.25) is 0 Å². The van der Waals surface area contributed by atoms with E-state index >= 15 is 0 Å². The van der Waals surface area contributed by atoms with Crippen LogP contribution in [0.15, 0.2) is 78.9 Å². The summed E-state index contributed by atoms with van der Waals surface area (Å²) in [6.07, 6.45) is 0. The number of nitrogens with zero attached hydrogens (tertiary/aromatic N) is 1. The zero-order valence-electron chi connectivity index (χ0n) is 16.3. The van der Waals surface area contributed by atoms with E-state index in [1.807, 2.05) is 18.2 Å². The van der Waals surface area contributed by atoms with Crippen molar-refractivity contribution in [2.75, 3.05) is 17.3 Å². The molecule has 4 rings (SSSR count). The van der Waals surface area contributed by atoms with Gasteiger partial charge in [0, 0.05) is 23.4 Å². The number of hydrogen-bond acceptors (Lipinski definition) is 4. The van der Waals surface area contributed by atoms with Crippen LogP contribution in [0.5, 0.6) is 5.75 Å². The molecule has 3 N–H and O–H groups in total. The molecule has 3 aromatic rings. The number of para-hydroxylation sites is 3. The van der Waals surface area contributed by atoms with Crippen molar-refractivity contribution >= 4 is 23.3 Å². The molecular formula is C23H21N3O4. The van der Waals surface area contributed by atoms with Crippen molar-refractivity contribution < 1.29 is 19.4 Å². The van der Waals surface area contributed by atoms with Crippen molar-refractivity contribution in [2.45, 2.75) is 12.3 Å². The van der Waals surface area contributed by atoms with Crippen LogP contribution < -0.4 is 20.3 Å². The minimum absolute atomic E-state index is 0.123. The summed E-state index contributed by atoms with van der Waals surface area (Å²) in [5.41, 5.74) is -0.436. The first-order valence-corrected chi connectivity index (χ1v) is 9.44. The first-order chi connectivity index (χ1) is 14.6. The summed E-state index contributed by atoms with van der Waals surface area (Å²) in [7, 11) is 1.55. The lowest BCUT2D eigenvalue weighted by atomic mass is 9.94. The second-order valence-corrected chi connectivity index (χ2v) is 6.81. The van der Waals surface area contributed by atoms with E-state index in [-0.39, 0.29) is 12.1 Å². The highest BCUT2D eigenvalue weighted by molar-refractivity contribution is 6.11. The number of anilines is 2. The van der Waals surface area contributed by atoms with E-state index in [1.54, 1.807) is 67.8 Å². The Balaban J connectivity index is 1.74. The molecule has 7 heteroatoms. The molecule has 0 aliphatic carbocycles.